The van der Waals surface area contributed by atoms with Gasteiger partial charge in [-0.15, -0.1) is 11.3 Å². The zero-order chi connectivity index (χ0) is 17.3. The molecule has 6 nitrogen and oxygen atoms in total. The number of anilines is 1. The number of aromatic nitrogens is 1. The van der Waals surface area contributed by atoms with E-state index in [4.69, 9.17) is 4.74 Å². The van der Waals surface area contributed by atoms with Crippen molar-refractivity contribution < 1.29 is 13.2 Å². The Labute approximate surface area is 151 Å². The molecular formula is C17H21N3O3S2. The fourth-order valence-corrected chi connectivity index (χ4v) is 6.38. The summed E-state index contributed by atoms with van der Waals surface area (Å²) < 4.78 is 33.7. The van der Waals surface area contributed by atoms with Crippen molar-refractivity contribution in [2.75, 3.05) is 25.0 Å². The summed E-state index contributed by atoms with van der Waals surface area (Å²) in [6.45, 7) is 1.56. The van der Waals surface area contributed by atoms with Gasteiger partial charge in [-0.3, -0.25) is 0 Å². The molecule has 0 saturated carbocycles. The normalized spacial score (nSPS) is 27.6. The minimum atomic E-state index is -3.42. The molecule has 2 aliphatic rings. The van der Waals surface area contributed by atoms with E-state index in [1.54, 1.807) is 28.0 Å². The van der Waals surface area contributed by atoms with Gasteiger partial charge in [0.05, 0.1) is 18.2 Å². The molecule has 134 valence electrons. The van der Waals surface area contributed by atoms with Crippen molar-refractivity contribution in [1.29, 1.82) is 0 Å². The molecule has 25 heavy (non-hydrogen) atoms. The van der Waals surface area contributed by atoms with E-state index in [0.717, 1.165) is 25.1 Å². The van der Waals surface area contributed by atoms with Gasteiger partial charge < -0.3 is 10.1 Å². The summed E-state index contributed by atoms with van der Waals surface area (Å²) in [6, 6.07) is 9.35. The van der Waals surface area contributed by atoms with Crippen molar-refractivity contribution in [3.63, 3.8) is 0 Å². The Morgan fingerprint density at radius 3 is 3.00 bits per heavy atom. The molecule has 0 unspecified atom stereocenters. The highest BCUT2D eigenvalue weighted by Gasteiger charge is 2.46. The number of sulfonamides is 1. The summed E-state index contributed by atoms with van der Waals surface area (Å²) in [6.07, 6.45) is 4.26. The average molecular weight is 380 g/mol. The molecule has 4 heterocycles. The van der Waals surface area contributed by atoms with Gasteiger partial charge >= 0.3 is 0 Å². The maximum atomic E-state index is 12.8. The lowest BCUT2D eigenvalue weighted by atomic mass is 9.90. The van der Waals surface area contributed by atoms with Crippen molar-refractivity contribution in [3.8, 4) is 0 Å². The lowest BCUT2D eigenvalue weighted by Crippen LogP contribution is -2.50. The van der Waals surface area contributed by atoms with Crippen LogP contribution >= 0.6 is 11.3 Å². The van der Waals surface area contributed by atoms with E-state index in [9.17, 15) is 8.42 Å². The molecular weight excluding hydrogens is 358 g/mol. The summed E-state index contributed by atoms with van der Waals surface area (Å²) in [5.74, 6) is 0.826. The monoisotopic (exact) mass is 379 g/mol. The molecule has 0 amide bonds. The van der Waals surface area contributed by atoms with Gasteiger partial charge in [0.25, 0.3) is 10.0 Å². The number of hydrogen-bond donors (Lipinski definition) is 1. The van der Waals surface area contributed by atoms with Crippen molar-refractivity contribution in [2.45, 2.75) is 35.1 Å². The first-order chi connectivity index (χ1) is 12.1. The minimum absolute atomic E-state index is 0.152. The molecule has 8 heteroatoms. The van der Waals surface area contributed by atoms with E-state index in [2.05, 4.69) is 10.3 Å². The molecule has 2 aromatic heterocycles. The van der Waals surface area contributed by atoms with Crippen LogP contribution in [0.25, 0.3) is 0 Å². The van der Waals surface area contributed by atoms with E-state index in [1.165, 1.54) is 11.3 Å². The molecule has 2 aliphatic heterocycles. The zero-order valence-electron chi connectivity index (χ0n) is 13.8. The molecule has 0 radical (unpaired) electrons. The average Bonchev–Trinajstić information content (AvgIpc) is 3.27. The number of ether oxygens (including phenoxy) is 1. The van der Waals surface area contributed by atoms with E-state index < -0.39 is 15.6 Å². The van der Waals surface area contributed by atoms with Gasteiger partial charge in [-0.2, -0.15) is 4.31 Å². The fraction of sp³-hybridized carbons (Fsp3) is 0.471. The first-order valence-electron chi connectivity index (χ1n) is 8.43. The SMILES string of the molecule is O=S(=O)(c1cccs1)N1CCC[C@@]2(C[C@H](Nc3ccccn3)CO2)C1. The lowest BCUT2D eigenvalue weighted by Gasteiger charge is -2.38. The Kier molecular flexibility index (Phi) is 4.53. The third kappa shape index (κ3) is 3.44. The van der Waals surface area contributed by atoms with Gasteiger partial charge in [-0.05, 0) is 36.4 Å². The van der Waals surface area contributed by atoms with Crippen LogP contribution in [0.1, 0.15) is 19.3 Å². The second kappa shape index (κ2) is 6.68. The van der Waals surface area contributed by atoms with E-state index in [1.807, 2.05) is 18.2 Å². The maximum Gasteiger partial charge on any atom is 0.252 e. The molecule has 2 fully saturated rings. The Balaban J connectivity index is 1.46. The highest BCUT2D eigenvalue weighted by atomic mass is 32.2. The van der Waals surface area contributed by atoms with Crippen molar-refractivity contribution in [3.05, 3.63) is 41.9 Å². The van der Waals surface area contributed by atoms with Gasteiger partial charge in [-0.1, -0.05) is 12.1 Å². The van der Waals surface area contributed by atoms with Crippen LogP contribution in [0.5, 0.6) is 0 Å². The van der Waals surface area contributed by atoms with Crippen LogP contribution in [-0.4, -0.2) is 49.0 Å². The molecule has 0 aliphatic carbocycles. The Hall–Kier alpha value is -1.48. The second-order valence-corrected chi connectivity index (χ2v) is 9.74. The van der Waals surface area contributed by atoms with Crippen LogP contribution in [0.2, 0.25) is 0 Å². The number of nitrogens with zero attached hydrogens (tertiary/aromatic N) is 2. The Morgan fingerprint density at radius 2 is 2.24 bits per heavy atom. The quantitative estimate of drug-likeness (QED) is 0.884. The van der Waals surface area contributed by atoms with Crippen LogP contribution in [0.4, 0.5) is 5.82 Å². The van der Waals surface area contributed by atoms with Crippen LogP contribution in [0, 0.1) is 0 Å². The zero-order valence-corrected chi connectivity index (χ0v) is 15.4. The molecule has 4 rings (SSSR count). The predicted molar refractivity (Wildman–Crippen MR) is 97.3 cm³/mol. The van der Waals surface area contributed by atoms with Gasteiger partial charge in [0, 0.05) is 25.7 Å². The number of piperidine rings is 1. The first-order valence-corrected chi connectivity index (χ1v) is 10.7. The third-order valence-electron chi connectivity index (χ3n) is 4.82. The van der Waals surface area contributed by atoms with Crippen molar-refractivity contribution >= 4 is 27.2 Å². The number of thiophene rings is 1. The third-order valence-corrected chi connectivity index (χ3v) is 8.04. The lowest BCUT2D eigenvalue weighted by molar-refractivity contribution is -0.0329. The number of hydrogen-bond acceptors (Lipinski definition) is 6. The maximum absolute atomic E-state index is 12.8. The minimum Gasteiger partial charge on any atom is -0.371 e. The molecule has 1 spiro atoms. The fourth-order valence-electron chi connectivity index (χ4n) is 3.68. The van der Waals surface area contributed by atoms with Crippen LogP contribution in [0.15, 0.2) is 46.1 Å². The van der Waals surface area contributed by atoms with E-state index in [-0.39, 0.29) is 6.04 Å². The van der Waals surface area contributed by atoms with E-state index >= 15 is 0 Å². The molecule has 2 saturated heterocycles. The first kappa shape index (κ1) is 17.0. The van der Waals surface area contributed by atoms with Gasteiger partial charge in [-0.25, -0.2) is 13.4 Å². The Morgan fingerprint density at radius 1 is 1.32 bits per heavy atom. The van der Waals surface area contributed by atoms with Gasteiger partial charge in [0.15, 0.2) is 0 Å². The largest absolute Gasteiger partial charge is 0.371 e. The van der Waals surface area contributed by atoms with Crippen LogP contribution < -0.4 is 5.32 Å². The summed E-state index contributed by atoms with van der Waals surface area (Å²) in [4.78, 5) is 4.29. The van der Waals surface area contributed by atoms with Crippen LogP contribution in [0.3, 0.4) is 0 Å². The summed E-state index contributed by atoms with van der Waals surface area (Å²) in [5, 5.41) is 5.19. The Bertz CT molecular complexity index is 811. The number of rotatable bonds is 4. The number of pyridine rings is 1. The standard InChI is InChI=1S/C17H21N3O3S2/c21-25(22,16-6-3-10-24-16)20-9-4-7-17(13-20)11-14(12-23-17)19-15-5-1-2-8-18-15/h1-3,5-6,8,10,14H,4,7,9,11-13H2,(H,18,19)/t14-,17+/m0/s1. The molecule has 0 bridgehead atoms. The van der Waals surface area contributed by atoms with Crippen LogP contribution in [-0.2, 0) is 14.8 Å². The highest BCUT2D eigenvalue weighted by Crippen LogP contribution is 2.37. The molecule has 2 atom stereocenters. The van der Waals surface area contributed by atoms with Gasteiger partial charge in [0.1, 0.15) is 10.0 Å². The van der Waals surface area contributed by atoms with Crippen molar-refractivity contribution in [1.82, 2.24) is 9.29 Å². The second-order valence-electron chi connectivity index (χ2n) is 6.63. The molecule has 0 aromatic carbocycles. The van der Waals surface area contributed by atoms with E-state index in [0.29, 0.717) is 23.9 Å². The molecule has 2 aromatic rings. The number of nitrogens with one attached hydrogen (secondary N) is 1. The van der Waals surface area contributed by atoms with Gasteiger partial charge in [0.2, 0.25) is 0 Å². The highest BCUT2D eigenvalue weighted by molar-refractivity contribution is 7.91. The smallest absolute Gasteiger partial charge is 0.252 e. The topological polar surface area (TPSA) is 71.5 Å². The predicted octanol–water partition coefficient (Wildman–Crippen LogP) is 2.57. The van der Waals surface area contributed by atoms with Crippen molar-refractivity contribution in [2.24, 2.45) is 0 Å². The molecule has 1 N–H and O–H groups in total. The summed E-state index contributed by atoms with van der Waals surface area (Å²) >= 11 is 1.27. The summed E-state index contributed by atoms with van der Waals surface area (Å²) in [7, 11) is -3.42. The summed E-state index contributed by atoms with van der Waals surface area (Å²) in [5.41, 5.74) is -0.394.